The Hall–Kier alpha value is -2.03. The van der Waals surface area contributed by atoms with Crippen molar-refractivity contribution in [1.82, 2.24) is 4.31 Å². The van der Waals surface area contributed by atoms with Crippen molar-refractivity contribution in [3.05, 3.63) is 45.6 Å². The molecule has 1 heterocycles. The van der Waals surface area contributed by atoms with E-state index in [0.29, 0.717) is 21.0 Å². The van der Waals surface area contributed by atoms with Gasteiger partial charge < -0.3 is 5.32 Å². The van der Waals surface area contributed by atoms with Crippen LogP contribution in [0.15, 0.2) is 35.2 Å². The van der Waals surface area contributed by atoms with Crippen molar-refractivity contribution in [2.24, 2.45) is 0 Å². The minimum Gasteiger partial charge on any atom is -0.321 e. The number of carbonyl (C=O) groups is 2. The number of benzene rings is 1. The second kappa shape index (κ2) is 6.84. The molecule has 1 amide bonds. The van der Waals surface area contributed by atoms with E-state index in [4.69, 9.17) is 0 Å². The lowest BCUT2D eigenvalue weighted by Gasteiger charge is -2.15. The SMILES string of the molecule is CC(=O)c1ccc(C(=O)Nc2ccc(C)c(S(=O)(=O)N(C)C)c2)s1. The fourth-order valence-electron chi connectivity index (χ4n) is 1.99. The topological polar surface area (TPSA) is 83.5 Å². The molecule has 0 saturated heterocycles. The molecule has 0 fully saturated rings. The third kappa shape index (κ3) is 3.72. The van der Waals surface area contributed by atoms with Crippen molar-refractivity contribution in [3.63, 3.8) is 0 Å². The third-order valence-corrected chi connectivity index (χ3v) is 6.52. The number of Topliss-reactive ketones (excluding diaryl/α,β-unsaturated/α-hetero) is 1. The summed E-state index contributed by atoms with van der Waals surface area (Å²) in [6.07, 6.45) is 0. The molecular weight excluding hydrogens is 348 g/mol. The van der Waals surface area contributed by atoms with E-state index in [1.807, 2.05) is 0 Å². The van der Waals surface area contributed by atoms with Crippen molar-refractivity contribution in [1.29, 1.82) is 0 Å². The Balaban J connectivity index is 2.30. The average Bonchev–Trinajstić information content (AvgIpc) is 2.99. The third-order valence-electron chi connectivity index (χ3n) is 3.38. The highest BCUT2D eigenvalue weighted by molar-refractivity contribution is 7.89. The van der Waals surface area contributed by atoms with Gasteiger partial charge in [-0.1, -0.05) is 6.07 Å². The van der Waals surface area contributed by atoms with Crippen LogP contribution in [0, 0.1) is 6.92 Å². The van der Waals surface area contributed by atoms with Crippen LogP contribution in [0.4, 0.5) is 5.69 Å². The number of aryl methyl sites for hydroxylation is 1. The first-order valence-corrected chi connectivity index (χ1v) is 9.34. The molecule has 0 aliphatic rings. The van der Waals surface area contributed by atoms with Gasteiger partial charge in [-0.25, -0.2) is 12.7 Å². The molecule has 0 aliphatic carbocycles. The van der Waals surface area contributed by atoms with Crippen LogP contribution in [-0.4, -0.2) is 38.5 Å². The monoisotopic (exact) mass is 366 g/mol. The van der Waals surface area contributed by atoms with Crippen LogP contribution in [0.25, 0.3) is 0 Å². The zero-order chi connectivity index (χ0) is 18.1. The predicted octanol–water partition coefficient (Wildman–Crippen LogP) is 2.76. The van der Waals surface area contributed by atoms with E-state index in [2.05, 4.69) is 5.32 Å². The van der Waals surface area contributed by atoms with Crippen LogP contribution in [0.5, 0.6) is 0 Å². The lowest BCUT2D eigenvalue weighted by Crippen LogP contribution is -2.23. The number of carbonyl (C=O) groups excluding carboxylic acids is 2. The molecule has 2 aromatic rings. The molecule has 0 saturated carbocycles. The van der Waals surface area contributed by atoms with Crippen molar-refractivity contribution in [2.75, 3.05) is 19.4 Å². The Morgan fingerprint density at radius 1 is 1.08 bits per heavy atom. The molecule has 1 aromatic heterocycles. The van der Waals surface area contributed by atoms with E-state index in [1.165, 1.54) is 27.1 Å². The lowest BCUT2D eigenvalue weighted by molar-refractivity contribution is 0.101. The second-order valence-electron chi connectivity index (χ2n) is 5.44. The molecule has 0 radical (unpaired) electrons. The zero-order valence-corrected chi connectivity index (χ0v) is 15.4. The van der Waals surface area contributed by atoms with Crippen LogP contribution >= 0.6 is 11.3 Å². The maximum atomic E-state index is 12.3. The van der Waals surface area contributed by atoms with E-state index in [9.17, 15) is 18.0 Å². The van der Waals surface area contributed by atoms with Crippen LogP contribution in [0.1, 0.15) is 31.8 Å². The number of amides is 1. The average molecular weight is 366 g/mol. The molecule has 2 rings (SSSR count). The first-order chi connectivity index (χ1) is 11.1. The highest BCUT2D eigenvalue weighted by atomic mass is 32.2. The maximum Gasteiger partial charge on any atom is 0.265 e. The Morgan fingerprint density at radius 2 is 1.71 bits per heavy atom. The lowest BCUT2D eigenvalue weighted by atomic mass is 10.2. The normalized spacial score (nSPS) is 11.5. The summed E-state index contributed by atoms with van der Waals surface area (Å²) in [6.45, 7) is 3.13. The summed E-state index contributed by atoms with van der Waals surface area (Å²) in [5.41, 5.74) is 0.973. The number of nitrogens with one attached hydrogen (secondary N) is 1. The van der Waals surface area contributed by atoms with Crippen LogP contribution < -0.4 is 5.32 Å². The quantitative estimate of drug-likeness (QED) is 0.825. The second-order valence-corrected chi connectivity index (χ2v) is 8.65. The molecule has 1 aromatic carbocycles. The Kier molecular flexibility index (Phi) is 5.22. The van der Waals surface area contributed by atoms with Crippen molar-refractivity contribution < 1.29 is 18.0 Å². The molecule has 128 valence electrons. The molecule has 1 N–H and O–H groups in total. The van der Waals surface area contributed by atoms with Crippen molar-refractivity contribution >= 4 is 38.7 Å². The van der Waals surface area contributed by atoms with Crippen molar-refractivity contribution in [3.8, 4) is 0 Å². The molecule has 0 unspecified atom stereocenters. The van der Waals surface area contributed by atoms with E-state index < -0.39 is 10.0 Å². The molecule has 0 bridgehead atoms. The van der Waals surface area contributed by atoms with Gasteiger partial charge in [0.05, 0.1) is 14.6 Å². The number of rotatable bonds is 5. The fourth-order valence-corrected chi connectivity index (χ4v) is 3.94. The Bertz CT molecular complexity index is 899. The number of nitrogens with zero attached hydrogens (tertiary/aromatic N) is 1. The van der Waals surface area contributed by atoms with E-state index in [-0.39, 0.29) is 16.6 Å². The summed E-state index contributed by atoms with van der Waals surface area (Å²) in [5, 5.41) is 2.67. The van der Waals surface area contributed by atoms with Crippen LogP contribution in [0.3, 0.4) is 0 Å². The van der Waals surface area contributed by atoms with Gasteiger partial charge in [0.15, 0.2) is 5.78 Å². The van der Waals surface area contributed by atoms with Gasteiger partial charge in [-0.2, -0.15) is 0 Å². The van der Waals surface area contributed by atoms with Gasteiger partial charge in [0, 0.05) is 19.8 Å². The van der Waals surface area contributed by atoms with Gasteiger partial charge in [-0.05, 0) is 43.7 Å². The molecule has 24 heavy (non-hydrogen) atoms. The summed E-state index contributed by atoms with van der Waals surface area (Å²) in [6, 6.07) is 7.88. The summed E-state index contributed by atoms with van der Waals surface area (Å²) in [7, 11) is -0.691. The summed E-state index contributed by atoms with van der Waals surface area (Å²) in [4.78, 5) is 24.6. The fraction of sp³-hybridized carbons (Fsp3) is 0.250. The first kappa shape index (κ1) is 18.3. The van der Waals surface area contributed by atoms with Crippen LogP contribution in [0.2, 0.25) is 0 Å². The van der Waals surface area contributed by atoms with Gasteiger partial charge in [0.25, 0.3) is 5.91 Å². The largest absolute Gasteiger partial charge is 0.321 e. The number of anilines is 1. The summed E-state index contributed by atoms with van der Waals surface area (Å²) >= 11 is 1.10. The number of hydrogen-bond donors (Lipinski definition) is 1. The molecular formula is C16H18N2O4S2. The molecule has 0 spiro atoms. The predicted molar refractivity (Wildman–Crippen MR) is 94.3 cm³/mol. The smallest absolute Gasteiger partial charge is 0.265 e. The minimum absolute atomic E-state index is 0.103. The van der Waals surface area contributed by atoms with E-state index >= 15 is 0 Å². The van der Waals surface area contributed by atoms with Gasteiger partial charge >= 0.3 is 0 Å². The molecule has 0 atom stereocenters. The zero-order valence-electron chi connectivity index (χ0n) is 13.8. The minimum atomic E-state index is -3.60. The van der Waals surface area contributed by atoms with Crippen LogP contribution in [-0.2, 0) is 10.0 Å². The van der Waals surface area contributed by atoms with Gasteiger partial charge in [-0.3, -0.25) is 9.59 Å². The molecule has 6 nitrogen and oxygen atoms in total. The first-order valence-electron chi connectivity index (χ1n) is 7.08. The number of sulfonamides is 1. The summed E-state index contributed by atoms with van der Waals surface area (Å²) < 4.78 is 25.8. The highest BCUT2D eigenvalue weighted by Gasteiger charge is 2.21. The number of thiophene rings is 1. The van der Waals surface area contributed by atoms with Gasteiger partial charge in [0.2, 0.25) is 10.0 Å². The standard InChI is InChI=1S/C16H18N2O4S2/c1-10-5-6-12(9-15(10)24(21,22)18(3)4)17-16(20)14-8-7-13(23-14)11(2)19/h5-9H,1-4H3,(H,17,20). The molecule has 8 heteroatoms. The number of hydrogen-bond acceptors (Lipinski definition) is 5. The van der Waals surface area contributed by atoms with Gasteiger partial charge in [0.1, 0.15) is 0 Å². The maximum absolute atomic E-state index is 12.3. The number of ketones is 1. The van der Waals surface area contributed by atoms with E-state index in [1.54, 1.807) is 31.2 Å². The Morgan fingerprint density at radius 3 is 2.25 bits per heavy atom. The van der Waals surface area contributed by atoms with Gasteiger partial charge in [-0.15, -0.1) is 11.3 Å². The Labute approximate surface area is 145 Å². The highest BCUT2D eigenvalue weighted by Crippen LogP contribution is 2.24. The van der Waals surface area contributed by atoms with Crippen molar-refractivity contribution in [2.45, 2.75) is 18.7 Å². The molecule has 0 aliphatic heterocycles. The van der Waals surface area contributed by atoms with E-state index in [0.717, 1.165) is 15.6 Å². The summed E-state index contributed by atoms with van der Waals surface area (Å²) in [5.74, 6) is -0.488.